The molecule has 0 saturated heterocycles. The zero-order chi connectivity index (χ0) is 11.1. The molecule has 1 nitrogen and oxygen atoms in total. The van der Waals surface area contributed by atoms with E-state index in [4.69, 9.17) is 0 Å². The molecule has 0 aromatic carbocycles. The van der Waals surface area contributed by atoms with Crippen molar-refractivity contribution in [2.75, 3.05) is 0 Å². The fourth-order valence-corrected chi connectivity index (χ4v) is 2.54. The number of unbranched alkanes of at least 4 members (excludes halogenated alkanes) is 5. The van der Waals surface area contributed by atoms with Crippen LogP contribution in [-0.2, 0) is 0 Å². The van der Waals surface area contributed by atoms with Crippen LogP contribution in [0.2, 0.25) is 0 Å². The van der Waals surface area contributed by atoms with Gasteiger partial charge in [-0.05, 0) is 25.2 Å². The molecule has 0 bridgehead atoms. The normalized spacial score (nSPS) is 29.4. The van der Waals surface area contributed by atoms with Gasteiger partial charge in [0.05, 0.1) is 5.60 Å². The average Bonchev–Trinajstić information content (AvgIpc) is 2.86. The van der Waals surface area contributed by atoms with Gasteiger partial charge in [0.2, 0.25) is 0 Å². The fraction of sp³-hybridized carbons (Fsp3) is 1.00. The van der Waals surface area contributed by atoms with Crippen molar-refractivity contribution in [2.45, 2.75) is 83.7 Å². The molecule has 1 rings (SSSR count). The van der Waals surface area contributed by atoms with Gasteiger partial charge in [-0.1, -0.05) is 58.8 Å². The Morgan fingerprint density at radius 3 is 2.33 bits per heavy atom. The van der Waals surface area contributed by atoms with Gasteiger partial charge in [0, 0.05) is 0 Å². The Bertz CT molecular complexity index is 167. The summed E-state index contributed by atoms with van der Waals surface area (Å²) >= 11 is 0. The van der Waals surface area contributed by atoms with E-state index in [1.165, 1.54) is 51.4 Å². The Labute approximate surface area is 95.3 Å². The molecule has 0 aromatic heterocycles. The quantitative estimate of drug-likeness (QED) is 0.565. The second-order valence-corrected chi connectivity index (χ2v) is 5.31. The lowest BCUT2D eigenvalue weighted by molar-refractivity contribution is 0.115. The van der Waals surface area contributed by atoms with Crippen molar-refractivity contribution in [3.05, 3.63) is 0 Å². The Morgan fingerprint density at radius 2 is 1.67 bits per heavy atom. The van der Waals surface area contributed by atoms with Gasteiger partial charge in [-0.25, -0.2) is 0 Å². The third-order valence-electron chi connectivity index (χ3n) is 3.82. The van der Waals surface area contributed by atoms with E-state index in [1.54, 1.807) is 0 Å². The first-order valence-electron chi connectivity index (χ1n) is 6.95. The highest BCUT2D eigenvalue weighted by Crippen LogP contribution is 2.50. The first-order chi connectivity index (χ1) is 7.23. The van der Waals surface area contributed by atoms with Crippen molar-refractivity contribution in [1.82, 2.24) is 0 Å². The lowest BCUT2D eigenvalue weighted by Crippen LogP contribution is -2.10. The zero-order valence-electron chi connectivity index (χ0n) is 10.6. The summed E-state index contributed by atoms with van der Waals surface area (Å²) in [6.45, 7) is 4.48. The van der Waals surface area contributed by atoms with Crippen molar-refractivity contribution < 1.29 is 5.11 Å². The predicted octanol–water partition coefficient (Wildman–Crippen LogP) is 4.29. The third-order valence-corrected chi connectivity index (χ3v) is 3.82. The van der Waals surface area contributed by atoms with Crippen LogP contribution in [0.25, 0.3) is 0 Å². The zero-order valence-corrected chi connectivity index (χ0v) is 10.6. The maximum Gasteiger partial charge on any atom is 0.0680 e. The standard InChI is InChI=1S/C14H28O/c1-3-5-7-9-11-14(15)12-13(14)10-8-6-4-2/h13,15H,3-12H2,1-2H3/t13-,14+/m0/s1. The maximum absolute atomic E-state index is 10.2. The summed E-state index contributed by atoms with van der Waals surface area (Å²) in [6.07, 6.45) is 12.5. The molecule has 15 heavy (non-hydrogen) atoms. The lowest BCUT2D eigenvalue weighted by Gasteiger charge is -2.09. The van der Waals surface area contributed by atoms with E-state index in [1.807, 2.05) is 0 Å². The van der Waals surface area contributed by atoms with E-state index < -0.39 is 0 Å². The van der Waals surface area contributed by atoms with Crippen LogP contribution in [0.4, 0.5) is 0 Å². The van der Waals surface area contributed by atoms with Gasteiger partial charge >= 0.3 is 0 Å². The minimum Gasteiger partial charge on any atom is -0.390 e. The van der Waals surface area contributed by atoms with E-state index in [2.05, 4.69) is 13.8 Å². The van der Waals surface area contributed by atoms with E-state index in [9.17, 15) is 5.11 Å². The summed E-state index contributed by atoms with van der Waals surface area (Å²) in [7, 11) is 0. The Hall–Kier alpha value is -0.0400. The molecule has 1 aliphatic carbocycles. The summed E-state index contributed by atoms with van der Waals surface area (Å²) in [5.74, 6) is 0.644. The molecule has 1 heteroatoms. The van der Waals surface area contributed by atoms with Gasteiger partial charge in [-0.15, -0.1) is 0 Å². The van der Waals surface area contributed by atoms with Crippen molar-refractivity contribution >= 4 is 0 Å². The minimum atomic E-state index is -0.235. The SMILES string of the molecule is CCCCCC[C@@]1(O)C[C@@H]1CCCCC. The molecule has 0 spiro atoms. The molecule has 0 aliphatic heterocycles. The molecular weight excluding hydrogens is 184 g/mol. The second-order valence-electron chi connectivity index (χ2n) is 5.31. The number of aliphatic hydroxyl groups is 1. The van der Waals surface area contributed by atoms with Crippen LogP contribution >= 0.6 is 0 Å². The molecule has 0 radical (unpaired) electrons. The molecular formula is C14H28O. The maximum atomic E-state index is 10.2. The highest BCUT2D eigenvalue weighted by Gasteiger charge is 2.50. The smallest absolute Gasteiger partial charge is 0.0680 e. The average molecular weight is 212 g/mol. The van der Waals surface area contributed by atoms with E-state index in [0.29, 0.717) is 5.92 Å². The van der Waals surface area contributed by atoms with E-state index in [0.717, 1.165) is 12.8 Å². The van der Waals surface area contributed by atoms with E-state index >= 15 is 0 Å². The highest BCUT2D eigenvalue weighted by molar-refractivity contribution is 5.02. The van der Waals surface area contributed by atoms with Crippen molar-refractivity contribution in [3.8, 4) is 0 Å². The Morgan fingerprint density at radius 1 is 1.00 bits per heavy atom. The molecule has 0 amide bonds. The van der Waals surface area contributed by atoms with Crippen molar-refractivity contribution in [3.63, 3.8) is 0 Å². The number of hydrogen-bond donors (Lipinski definition) is 1. The summed E-state index contributed by atoms with van der Waals surface area (Å²) in [4.78, 5) is 0. The minimum absolute atomic E-state index is 0.235. The summed E-state index contributed by atoms with van der Waals surface area (Å²) in [6, 6.07) is 0. The predicted molar refractivity (Wildman–Crippen MR) is 66.0 cm³/mol. The lowest BCUT2D eigenvalue weighted by atomic mass is 10.0. The Kier molecular flexibility index (Phi) is 5.66. The monoisotopic (exact) mass is 212 g/mol. The first kappa shape index (κ1) is 13.0. The molecule has 0 unspecified atom stereocenters. The second kappa shape index (κ2) is 6.52. The van der Waals surface area contributed by atoms with Crippen molar-refractivity contribution in [1.29, 1.82) is 0 Å². The summed E-state index contributed by atoms with van der Waals surface area (Å²) in [5, 5.41) is 10.2. The van der Waals surface area contributed by atoms with Crippen LogP contribution in [0.15, 0.2) is 0 Å². The van der Waals surface area contributed by atoms with Crippen LogP contribution in [0.5, 0.6) is 0 Å². The van der Waals surface area contributed by atoms with Gasteiger partial charge in [0.1, 0.15) is 0 Å². The van der Waals surface area contributed by atoms with E-state index in [-0.39, 0.29) is 5.60 Å². The third kappa shape index (κ3) is 4.55. The van der Waals surface area contributed by atoms with Crippen LogP contribution in [0, 0.1) is 5.92 Å². The van der Waals surface area contributed by atoms with Crippen LogP contribution in [0.3, 0.4) is 0 Å². The summed E-state index contributed by atoms with van der Waals surface area (Å²) in [5.41, 5.74) is -0.235. The van der Waals surface area contributed by atoms with Crippen LogP contribution in [-0.4, -0.2) is 10.7 Å². The molecule has 90 valence electrons. The van der Waals surface area contributed by atoms with Gasteiger partial charge in [0.15, 0.2) is 0 Å². The molecule has 1 aliphatic rings. The van der Waals surface area contributed by atoms with Gasteiger partial charge in [-0.2, -0.15) is 0 Å². The molecule has 2 atom stereocenters. The highest BCUT2D eigenvalue weighted by atomic mass is 16.3. The number of rotatable bonds is 9. The molecule has 1 saturated carbocycles. The first-order valence-corrected chi connectivity index (χ1v) is 6.95. The largest absolute Gasteiger partial charge is 0.390 e. The topological polar surface area (TPSA) is 20.2 Å². The van der Waals surface area contributed by atoms with Crippen LogP contribution in [0.1, 0.15) is 78.1 Å². The van der Waals surface area contributed by atoms with Crippen molar-refractivity contribution in [2.24, 2.45) is 5.92 Å². The Balaban J connectivity index is 2.00. The van der Waals surface area contributed by atoms with Gasteiger partial charge in [-0.3, -0.25) is 0 Å². The van der Waals surface area contributed by atoms with Gasteiger partial charge < -0.3 is 5.11 Å². The van der Waals surface area contributed by atoms with Gasteiger partial charge in [0.25, 0.3) is 0 Å². The fourth-order valence-electron chi connectivity index (χ4n) is 2.54. The molecule has 1 fully saturated rings. The molecule has 0 aromatic rings. The number of hydrogen-bond acceptors (Lipinski definition) is 1. The van der Waals surface area contributed by atoms with Crippen LogP contribution < -0.4 is 0 Å². The molecule has 0 heterocycles. The molecule has 1 N–H and O–H groups in total. The summed E-state index contributed by atoms with van der Waals surface area (Å²) < 4.78 is 0.